The zero-order valence-corrected chi connectivity index (χ0v) is 11.0. The third-order valence-electron chi connectivity index (χ3n) is 2.69. The maximum Gasteiger partial charge on any atom is 0.327 e. The fourth-order valence-electron chi connectivity index (χ4n) is 1.70. The average molecular weight is 255 g/mol. The monoisotopic (exact) mass is 255 g/mol. The van der Waals surface area contributed by atoms with E-state index in [0.29, 0.717) is 6.61 Å². The van der Waals surface area contributed by atoms with Crippen LogP contribution in [-0.2, 0) is 19.1 Å². The number of ether oxygens (including phenoxy) is 2. The lowest BCUT2D eigenvalue weighted by Gasteiger charge is -2.23. The Kier molecular flexibility index (Phi) is 6.43. The Morgan fingerprint density at radius 2 is 2.22 bits per heavy atom. The van der Waals surface area contributed by atoms with Crippen molar-refractivity contribution in [2.24, 2.45) is 0 Å². The van der Waals surface area contributed by atoms with Gasteiger partial charge in [-0.3, -0.25) is 4.79 Å². The van der Waals surface area contributed by atoms with E-state index in [2.05, 4.69) is 5.32 Å². The van der Waals surface area contributed by atoms with Crippen molar-refractivity contribution in [1.29, 1.82) is 0 Å². The summed E-state index contributed by atoms with van der Waals surface area (Å²) in [6, 6.07) is -0.477. The summed E-state index contributed by atoms with van der Waals surface area (Å²) >= 11 is 0. The first-order chi connectivity index (χ1) is 8.65. The third-order valence-corrected chi connectivity index (χ3v) is 2.69. The number of nitrogens with one attached hydrogen (secondary N) is 1. The summed E-state index contributed by atoms with van der Waals surface area (Å²) in [7, 11) is 0. The topological polar surface area (TPSA) is 64.6 Å². The normalized spacial score (nSPS) is 19.0. The van der Waals surface area contributed by atoms with Crippen molar-refractivity contribution in [3.8, 4) is 0 Å². The molecule has 1 aliphatic rings. The summed E-state index contributed by atoms with van der Waals surface area (Å²) in [5, 5.41) is 3.09. The van der Waals surface area contributed by atoms with Gasteiger partial charge in [-0.2, -0.15) is 0 Å². The molecule has 0 saturated carbocycles. The Morgan fingerprint density at radius 1 is 1.44 bits per heavy atom. The molecular formula is C13H21NO4. The molecule has 0 aromatic rings. The lowest BCUT2D eigenvalue weighted by molar-refractivity contribution is -0.147. The van der Waals surface area contributed by atoms with Crippen molar-refractivity contribution >= 4 is 11.9 Å². The van der Waals surface area contributed by atoms with Crippen molar-refractivity contribution in [1.82, 2.24) is 5.32 Å². The Hall–Kier alpha value is -1.36. The lowest BCUT2D eigenvalue weighted by Crippen LogP contribution is -2.43. The fraction of sp³-hybridized carbons (Fsp3) is 0.692. The van der Waals surface area contributed by atoms with Crippen molar-refractivity contribution in [2.75, 3.05) is 19.8 Å². The molecule has 1 aliphatic heterocycles. The van der Waals surface area contributed by atoms with Crippen molar-refractivity contribution in [3.05, 3.63) is 11.6 Å². The van der Waals surface area contributed by atoms with Gasteiger partial charge in [0, 0.05) is 6.92 Å². The quantitative estimate of drug-likeness (QED) is 0.438. The standard InChI is InChI=1S/C13H21NO4/c1-3-4-8-17-13(16)12-11(6-5-7-14-12)9-18-10(2)15/h6,12,14H,3-5,7-9H2,1-2H3. The first-order valence-electron chi connectivity index (χ1n) is 6.37. The minimum atomic E-state index is -0.477. The fourth-order valence-corrected chi connectivity index (χ4v) is 1.70. The van der Waals surface area contributed by atoms with Crippen LogP contribution in [0.15, 0.2) is 11.6 Å². The molecule has 18 heavy (non-hydrogen) atoms. The highest BCUT2D eigenvalue weighted by Crippen LogP contribution is 2.12. The second kappa shape index (κ2) is 7.87. The highest BCUT2D eigenvalue weighted by molar-refractivity contribution is 5.80. The molecule has 1 rings (SSSR count). The largest absolute Gasteiger partial charge is 0.464 e. The number of hydrogen-bond acceptors (Lipinski definition) is 5. The smallest absolute Gasteiger partial charge is 0.327 e. The van der Waals surface area contributed by atoms with Gasteiger partial charge in [-0.1, -0.05) is 19.4 Å². The molecule has 0 aromatic carbocycles. The van der Waals surface area contributed by atoms with Crippen molar-refractivity contribution < 1.29 is 19.1 Å². The highest BCUT2D eigenvalue weighted by Gasteiger charge is 2.26. The molecule has 0 fully saturated rings. The summed E-state index contributed by atoms with van der Waals surface area (Å²) in [6.07, 6.45) is 4.61. The molecule has 0 saturated heterocycles. The second-order valence-corrected chi connectivity index (χ2v) is 4.26. The van der Waals surface area contributed by atoms with E-state index in [0.717, 1.165) is 31.4 Å². The molecule has 0 aromatic heterocycles. The minimum Gasteiger partial charge on any atom is -0.464 e. The first kappa shape index (κ1) is 14.7. The third kappa shape index (κ3) is 4.87. The molecule has 102 valence electrons. The molecule has 0 aliphatic carbocycles. The van der Waals surface area contributed by atoms with Gasteiger partial charge < -0.3 is 14.8 Å². The Bertz CT molecular complexity index is 325. The SMILES string of the molecule is CCCCOC(=O)C1NCCC=C1COC(C)=O. The van der Waals surface area contributed by atoms with Gasteiger partial charge in [0.05, 0.1) is 6.61 Å². The van der Waals surface area contributed by atoms with E-state index in [1.54, 1.807) is 0 Å². The molecular weight excluding hydrogens is 234 g/mol. The molecule has 0 spiro atoms. The minimum absolute atomic E-state index is 0.149. The molecule has 1 unspecified atom stereocenters. The zero-order chi connectivity index (χ0) is 13.4. The van der Waals surface area contributed by atoms with Crippen LogP contribution < -0.4 is 5.32 Å². The van der Waals surface area contributed by atoms with Crippen molar-refractivity contribution in [2.45, 2.75) is 39.2 Å². The van der Waals surface area contributed by atoms with Crippen LogP contribution in [0.25, 0.3) is 0 Å². The molecule has 1 atom stereocenters. The molecule has 0 amide bonds. The van der Waals surface area contributed by atoms with Gasteiger partial charge in [-0.25, -0.2) is 4.79 Å². The lowest BCUT2D eigenvalue weighted by atomic mass is 10.0. The Balaban J connectivity index is 2.49. The number of carbonyl (C=O) groups excluding carboxylic acids is 2. The van der Waals surface area contributed by atoms with Crippen LogP contribution in [0, 0.1) is 0 Å². The van der Waals surface area contributed by atoms with Crippen LogP contribution in [0.2, 0.25) is 0 Å². The van der Waals surface area contributed by atoms with Gasteiger partial charge in [0.15, 0.2) is 0 Å². The number of unbranched alkanes of at least 4 members (excludes halogenated alkanes) is 1. The molecule has 5 heteroatoms. The van der Waals surface area contributed by atoms with Crippen LogP contribution in [-0.4, -0.2) is 37.7 Å². The number of hydrogen-bond donors (Lipinski definition) is 1. The maximum absolute atomic E-state index is 11.9. The Morgan fingerprint density at radius 3 is 2.89 bits per heavy atom. The first-order valence-corrected chi connectivity index (χ1v) is 6.37. The predicted molar refractivity (Wildman–Crippen MR) is 67.0 cm³/mol. The van der Waals surface area contributed by atoms with Crippen LogP contribution in [0.1, 0.15) is 33.1 Å². The highest BCUT2D eigenvalue weighted by atomic mass is 16.5. The number of rotatable bonds is 6. The van der Waals surface area contributed by atoms with Gasteiger partial charge in [-0.05, 0) is 25.0 Å². The van der Waals surface area contributed by atoms with Gasteiger partial charge >= 0.3 is 11.9 Å². The second-order valence-electron chi connectivity index (χ2n) is 4.26. The Labute approximate surface area is 108 Å². The van der Waals surface area contributed by atoms with E-state index in [1.165, 1.54) is 6.92 Å². The van der Waals surface area contributed by atoms with Crippen molar-refractivity contribution in [3.63, 3.8) is 0 Å². The van der Waals surface area contributed by atoms with Crippen LogP contribution in [0.4, 0.5) is 0 Å². The number of esters is 2. The van der Waals surface area contributed by atoms with E-state index < -0.39 is 6.04 Å². The molecule has 0 bridgehead atoms. The van der Waals surface area contributed by atoms with Gasteiger partial charge in [0.1, 0.15) is 12.6 Å². The van der Waals surface area contributed by atoms with Crippen LogP contribution in [0.5, 0.6) is 0 Å². The summed E-state index contributed by atoms with van der Waals surface area (Å²) in [4.78, 5) is 22.6. The van der Waals surface area contributed by atoms with E-state index in [1.807, 2.05) is 13.0 Å². The van der Waals surface area contributed by atoms with Crippen LogP contribution in [0.3, 0.4) is 0 Å². The van der Waals surface area contributed by atoms with Gasteiger partial charge in [-0.15, -0.1) is 0 Å². The molecule has 5 nitrogen and oxygen atoms in total. The summed E-state index contributed by atoms with van der Waals surface area (Å²) in [5.41, 5.74) is 0.776. The summed E-state index contributed by atoms with van der Waals surface area (Å²) in [5.74, 6) is -0.638. The predicted octanol–water partition coefficient (Wildman–Crippen LogP) is 1.18. The molecule has 1 N–H and O–H groups in total. The molecule has 1 heterocycles. The zero-order valence-electron chi connectivity index (χ0n) is 11.0. The summed E-state index contributed by atoms with van der Waals surface area (Å²) < 4.78 is 10.1. The van der Waals surface area contributed by atoms with Crippen LogP contribution >= 0.6 is 0 Å². The van der Waals surface area contributed by atoms with E-state index >= 15 is 0 Å². The number of carbonyl (C=O) groups is 2. The summed E-state index contributed by atoms with van der Waals surface area (Å²) in [6.45, 7) is 4.71. The van der Waals surface area contributed by atoms with E-state index in [-0.39, 0.29) is 18.5 Å². The van der Waals surface area contributed by atoms with Gasteiger partial charge in [0.2, 0.25) is 0 Å². The van der Waals surface area contributed by atoms with Gasteiger partial charge in [0.25, 0.3) is 0 Å². The molecule has 0 radical (unpaired) electrons. The average Bonchev–Trinajstić information content (AvgIpc) is 2.37. The van der Waals surface area contributed by atoms with E-state index in [9.17, 15) is 9.59 Å². The maximum atomic E-state index is 11.9. The van der Waals surface area contributed by atoms with E-state index in [4.69, 9.17) is 9.47 Å².